The monoisotopic (exact) mass is 452 g/mol. The molecular formula is C29H24O3S. The maximum atomic E-state index is 11.1. The molecule has 0 aliphatic heterocycles. The number of benzene rings is 3. The molecule has 0 saturated heterocycles. The van der Waals surface area contributed by atoms with Crippen molar-refractivity contribution in [1.82, 2.24) is 0 Å². The molecule has 1 unspecified atom stereocenters. The third-order valence-corrected chi connectivity index (χ3v) is 6.00. The molecule has 0 aromatic heterocycles. The second kappa shape index (κ2) is 11.1. The molecule has 164 valence electrons. The Hall–Kier alpha value is -3.86. The van der Waals surface area contributed by atoms with Gasteiger partial charge in [-0.2, -0.15) is 0 Å². The molecule has 1 atom stereocenters. The molecule has 0 spiro atoms. The van der Waals surface area contributed by atoms with Crippen molar-refractivity contribution in [2.45, 2.75) is 24.8 Å². The maximum absolute atomic E-state index is 11.1. The van der Waals surface area contributed by atoms with Gasteiger partial charge in [0.05, 0.1) is 0 Å². The highest BCUT2D eigenvalue weighted by atomic mass is 32.2. The highest BCUT2D eigenvalue weighted by Gasteiger charge is 2.14. The smallest absolute Gasteiger partial charge is 0.344 e. The van der Waals surface area contributed by atoms with Gasteiger partial charge in [0, 0.05) is 21.8 Å². The number of hydrogen-bond acceptors (Lipinski definition) is 3. The van der Waals surface area contributed by atoms with E-state index >= 15 is 0 Å². The Balaban J connectivity index is 1.89. The Bertz CT molecular complexity index is 1220. The summed E-state index contributed by atoms with van der Waals surface area (Å²) in [4.78, 5) is 12.1. The third-order valence-electron chi connectivity index (χ3n) is 5.08. The van der Waals surface area contributed by atoms with E-state index in [-0.39, 0.29) is 0 Å². The van der Waals surface area contributed by atoms with E-state index in [9.17, 15) is 4.79 Å². The lowest BCUT2D eigenvalue weighted by Gasteiger charge is -2.14. The number of carbonyl (C=O) groups is 1. The van der Waals surface area contributed by atoms with E-state index in [4.69, 9.17) is 22.7 Å². The zero-order chi connectivity index (χ0) is 23.8. The van der Waals surface area contributed by atoms with Gasteiger partial charge in [-0.25, -0.2) is 4.79 Å². The van der Waals surface area contributed by atoms with Crippen LogP contribution in [-0.4, -0.2) is 22.9 Å². The van der Waals surface area contributed by atoms with E-state index in [0.29, 0.717) is 11.5 Å². The average molecular weight is 453 g/mol. The molecule has 0 aliphatic rings. The molecule has 4 heteroatoms. The van der Waals surface area contributed by atoms with Gasteiger partial charge < -0.3 is 9.84 Å². The first-order valence-corrected chi connectivity index (χ1v) is 11.4. The summed E-state index contributed by atoms with van der Waals surface area (Å²) in [5.74, 6) is 5.81. The summed E-state index contributed by atoms with van der Waals surface area (Å²) in [6, 6.07) is 21.4. The van der Waals surface area contributed by atoms with E-state index in [1.807, 2.05) is 73.7 Å². The molecule has 0 heterocycles. The third kappa shape index (κ3) is 5.89. The molecule has 0 bridgehead atoms. The fourth-order valence-electron chi connectivity index (χ4n) is 3.36. The van der Waals surface area contributed by atoms with Gasteiger partial charge in [0.2, 0.25) is 0 Å². The van der Waals surface area contributed by atoms with Crippen molar-refractivity contribution in [1.29, 1.82) is 0 Å². The van der Waals surface area contributed by atoms with Gasteiger partial charge in [-0.05, 0) is 66.4 Å². The van der Waals surface area contributed by atoms with E-state index in [0.717, 1.165) is 38.3 Å². The molecule has 3 rings (SSSR count). The molecule has 0 fully saturated rings. The van der Waals surface area contributed by atoms with Gasteiger partial charge in [-0.3, -0.25) is 0 Å². The molecule has 0 aliphatic carbocycles. The maximum Gasteiger partial charge on any atom is 0.344 e. The average Bonchev–Trinajstić information content (AvgIpc) is 2.83. The Morgan fingerprint density at radius 2 is 1.61 bits per heavy atom. The second-order valence-corrected chi connectivity index (χ2v) is 8.43. The Morgan fingerprint density at radius 1 is 1.03 bits per heavy atom. The molecule has 3 aromatic rings. The highest BCUT2D eigenvalue weighted by molar-refractivity contribution is 7.99. The summed E-state index contributed by atoms with van der Waals surface area (Å²) < 4.78 is 5.51. The summed E-state index contributed by atoms with van der Waals surface area (Å²) in [5.41, 5.74) is 5.43. The first kappa shape index (κ1) is 23.8. The van der Waals surface area contributed by atoms with Crippen LogP contribution in [0.15, 0.2) is 77.7 Å². The fourth-order valence-corrected chi connectivity index (χ4v) is 4.23. The summed E-state index contributed by atoms with van der Waals surface area (Å²) >= 11 is 1.66. The van der Waals surface area contributed by atoms with Crippen molar-refractivity contribution in [3.05, 3.63) is 101 Å². The van der Waals surface area contributed by atoms with Gasteiger partial charge in [0.1, 0.15) is 5.75 Å². The first-order chi connectivity index (χ1) is 15.9. The summed E-state index contributed by atoms with van der Waals surface area (Å²) in [5, 5.41) is 9.06. The number of ether oxygens (including phenoxy) is 1. The van der Waals surface area contributed by atoms with Gasteiger partial charge in [-0.15, -0.1) is 24.6 Å². The molecule has 0 radical (unpaired) electrons. The van der Waals surface area contributed by atoms with Crippen LogP contribution in [0.2, 0.25) is 0 Å². The highest BCUT2D eigenvalue weighted by Crippen LogP contribution is 2.31. The van der Waals surface area contributed by atoms with Crippen LogP contribution in [0.3, 0.4) is 0 Å². The number of terminal acetylenes is 2. The van der Waals surface area contributed by atoms with E-state index in [1.54, 1.807) is 11.8 Å². The molecule has 0 saturated carbocycles. The zero-order valence-corrected chi connectivity index (χ0v) is 19.4. The second-order valence-electron chi connectivity index (χ2n) is 7.33. The first-order valence-electron chi connectivity index (χ1n) is 10.4. The number of aryl methyl sites for hydroxylation is 1. The van der Waals surface area contributed by atoms with E-state index in [1.165, 1.54) is 6.92 Å². The number of thioether (sulfide) groups is 1. The predicted octanol–water partition coefficient (Wildman–Crippen LogP) is 6.03. The van der Waals surface area contributed by atoms with Crippen molar-refractivity contribution in [2.75, 3.05) is 5.75 Å². The summed E-state index contributed by atoms with van der Waals surface area (Å²) in [7, 11) is 0. The number of carboxylic acid groups (broad SMARTS) is 1. The van der Waals surface area contributed by atoms with Crippen molar-refractivity contribution in [3.63, 3.8) is 0 Å². The fraction of sp³-hybridized carbons (Fsp3) is 0.138. The normalized spacial score (nSPS) is 11.0. The predicted molar refractivity (Wildman–Crippen MR) is 135 cm³/mol. The number of aliphatic carboxylic acids is 1. The number of carboxylic acids is 1. The van der Waals surface area contributed by atoms with Crippen LogP contribution in [-0.2, 0) is 4.79 Å². The lowest BCUT2D eigenvalue weighted by molar-refractivity contribution is -0.144. The minimum Gasteiger partial charge on any atom is -0.479 e. The van der Waals surface area contributed by atoms with Crippen molar-refractivity contribution >= 4 is 23.3 Å². The largest absolute Gasteiger partial charge is 0.479 e. The van der Waals surface area contributed by atoms with Gasteiger partial charge >= 0.3 is 5.97 Å². The molecule has 33 heavy (non-hydrogen) atoms. The lowest BCUT2D eigenvalue weighted by Crippen LogP contribution is -2.23. The van der Waals surface area contributed by atoms with Crippen molar-refractivity contribution < 1.29 is 14.6 Å². The van der Waals surface area contributed by atoms with E-state index in [2.05, 4.69) is 17.9 Å². The summed E-state index contributed by atoms with van der Waals surface area (Å²) in [6.07, 6.45) is 12.8. The van der Waals surface area contributed by atoms with Crippen LogP contribution in [0.25, 0.3) is 5.57 Å². The Morgan fingerprint density at radius 3 is 2.12 bits per heavy atom. The molecular weight excluding hydrogens is 428 g/mol. The zero-order valence-electron chi connectivity index (χ0n) is 18.5. The SMILES string of the molecule is C#Cc1ccccc1C(=CCSc1ccc(OC(C)C(=O)O)c(C)c1)c1ccccc1C#C. The minimum absolute atomic E-state index is 0.566. The molecule has 1 N–H and O–H groups in total. The van der Waals surface area contributed by atoms with Gasteiger partial charge in [0.15, 0.2) is 6.10 Å². The van der Waals surface area contributed by atoms with E-state index < -0.39 is 12.1 Å². The standard InChI is InChI=1S/C29H24O3S/c1-5-22-11-7-9-13-25(22)27(26-14-10-8-12-23(26)6-2)17-18-33-24-15-16-28(20(3)19-24)32-21(4)29(30)31/h1-2,7-17,19,21H,18H2,3-4H3,(H,30,31). The Labute approximate surface area is 199 Å². The van der Waals surface area contributed by atoms with Crippen LogP contribution >= 0.6 is 11.8 Å². The molecule has 0 amide bonds. The van der Waals surface area contributed by atoms with Crippen LogP contribution in [0, 0.1) is 31.6 Å². The molecule has 3 nitrogen and oxygen atoms in total. The molecule has 3 aromatic carbocycles. The Kier molecular flexibility index (Phi) is 8.03. The number of hydrogen-bond donors (Lipinski definition) is 1. The van der Waals surface area contributed by atoms with Crippen molar-refractivity contribution in [2.24, 2.45) is 0 Å². The minimum atomic E-state index is -0.995. The van der Waals surface area contributed by atoms with Crippen LogP contribution in [0.1, 0.15) is 34.7 Å². The summed E-state index contributed by atoms with van der Waals surface area (Å²) in [6.45, 7) is 3.42. The number of rotatable bonds is 8. The quantitative estimate of drug-likeness (QED) is 0.335. The van der Waals surface area contributed by atoms with Gasteiger partial charge in [0.25, 0.3) is 0 Å². The lowest BCUT2D eigenvalue weighted by atomic mass is 9.91. The van der Waals surface area contributed by atoms with Crippen LogP contribution < -0.4 is 4.74 Å². The van der Waals surface area contributed by atoms with Crippen molar-refractivity contribution in [3.8, 4) is 30.4 Å². The van der Waals surface area contributed by atoms with Crippen LogP contribution in [0.5, 0.6) is 5.75 Å². The topological polar surface area (TPSA) is 46.5 Å². The van der Waals surface area contributed by atoms with Gasteiger partial charge in [-0.1, -0.05) is 54.3 Å². The van der Waals surface area contributed by atoms with Crippen LogP contribution in [0.4, 0.5) is 0 Å².